The maximum atomic E-state index is 12.3. The van der Waals surface area contributed by atoms with Crippen molar-refractivity contribution in [3.8, 4) is 0 Å². The van der Waals surface area contributed by atoms with Gasteiger partial charge < -0.3 is 14.7 Å². The molecule has 0 saturated carbocycles. The lowest BCUT2D eigenvalue weighted by Crippen LogP contribution is -2.49. The summed E-state index contributed by atoms with van der Waals surface area (Å²) in [6.45, 7) is 4.92. The molecule has 0 spiro atoms. The summed E-state index contributed by atoms with van der Waals surface area (Å²) in [7, 11) is -3.58. The highest BCUT2D eigenvalue weighted by Crippen LogP contribution is 2.28. The predicted molar refractivity (Wildman–Crippen MR) is 107 cm³/mol. The van der Waals surface area contributed by atoms with E-state index in [0.29, 0.717) is 29.4 Å². The molecule has 2 aromatic rings. The van der Waals surface area contributed by atoms with Crippen LogP contribution >= 0.6 is 0 Å². The number of rotatable bonds is 2. The van der Waals surface area contributed by atoms with E-state index in [-0.39, 0.29) is 0 Å². The predicted octanol–water partition coefficient (Wildman–Crippen LogP) is 1.35. The molecule has 0 amide bonds. The molecule has 146 valence electrons. The van der Waals surface area contributed by atoms with Crippen LogP contribution in [0.5, 0.6) is 0 Å². The van der Waals surface area contributed by atoms with E-state index < -0.39 is 10.0 Å². The standard InChI is InChI=1S/C19H22N6O2S/c26-28(27)16-6-2-1-5-15(16)18(22-28)24-11-13-25(14-12-24)19-20-8-7-17(21-19)23-9-3-4-10-23/h1-2,5-8H,3-4,9-14H2. The summed E-state index contributed by atoms with van der Waals surface area (Å²) in [5.74, 6) is 2.29. The fraction of sp³-hybridized carbons (Fsp3) is 0.421. The zero-order valence-electron chi connectivity index (χ0n) is 15.5. The average Bonchev–Trinajstić information content (AvgIpc) is 3.36. The van der Waals surface area contributed by atoms with Crippen LogP contribution in [0.2, 0.25) is 0 Å². The molecule has 3 aliphatic heterocycles. The highest BCUT2D eigenvalue weighted by atomic mass is 32.2. The zero-order chi connectivity index (χ0) is 19.1. The van der Waals surface area contributed by atoms with Gasteiger partial charge in [-0.25, -0.2) is 4.98 Å². The van der Waals surface area contributed by atoms with Crippen molar-refractivity contribution in [3.05, 3.63) is 42.1 Å². The third-order valence-corrected chi connectivity index (χ3v) is 6.86. The Labute approximate surface area is 164 Å². The first-order valence-corrected chi connectivity index (χ1v) is 11.1. The van der Waals surface area contributed by atoms with E-state index in [1.165, 1.54) is 12.8 Å². The lowest BCUT2D eigenvalue weighted by atomic mass is 10.1. The molecule has 28 heavy (non-hydrogen) atoms. The number of sulfonamides is 1. The van der Waals surface area contributed by atoms with Crippen molar-refractivity contribution in [1.82, 2.24) is 14.9 Å². The van der Waals surface area contributed by atoms with E-state index in [9.17, 15) is 8.42 Å². The van der Waals surface area contributed by atoms with Crippen LogP contribution in [-0.2, 0) is 10.0 Å². The lowest BCUT2D eigenvalue weighted by Gasteiger charge is -2.36. The van der Waals surface area contributed by atoms with Crippen molar-refractivity contribution in [2.45, 2.75) is 17.7 Å². The molecule has 4 heterocycles. The number of anilines is 2. The molecule has 3 aliphatic rings. The van der Waals surface area contributed by atoms with Crippen molar-refractivity contribution in [3.63, 3.8) is 0 Å². The van der Waals surface area contributed by atoms with Gasteiger partial charge in [-0.1, -0.05) is 12.1 Å². The SMILES string of the molecule is O=S1(=O)N=C(N2CCN(c3nccc(N4CCCC4)n3)CC2)c2ccccc21. The molecular weight excluding hydrogens is 376 g/mol. The molecule has 8 nitrogen and oxygen atoms in total. The normalized spacial score (nSPS) is 21.0. The Balaban J connectivity index is 1.32. The summed E-state index contributed by atoms with van der Waals surface area (Å²) in [5.41, 5.74) is 0.697. The molecule has 1 aromatic carbocycles. The Bertz CT molecular complexity index is 1020. The number of nitrogens with zero attached hydrogens (tertiary/aromatic N) is 6. The Morgan fingerprint density at radius 2 is 1.54 bits per heavy atom. The van der Waals surface area contributed by atoms with Gasteiger partial charge in [-0.15, -0.1) is 4.40 Å². The van der Waals surface area contributed by atoms with Gasteiger partial charge in [0.15, 0.2) is 5.84 Å². The maximum Gasteiger partial charge on any atom is 0.285 e. The molecule has 0 bridgehead atoms. The van der Waals surface area contributed by atoms with E-state index in [4.69, 9.17) is 4.98 Å². The fourth-order valence-electron chi connectivity index (χ4n) is 4.05. The second-order valence-corrected chi connectivity index (χ2v) is 8.84. The maximum absolute atomic E-state index is 12.3. The van der Waals surface area contributed by atoms with Crippen LogP contribution in [0.25, 0.3) is 0 Å². The van der Waals surface area contributed by atoms with E-state index in [0.717, 1.165) is 37.9 Å². The van der Waals surface area contributed by atoms with Crippen molar-refractivity contribution < 1.29 is 8.42 Å². The van der Waals surface area contributed by atoms with Gasteiger partial charge in [0.05, 0.1) is 0 Å². The minimum absolute atomic E-state index is 0.300. The van der Waals surface area contributed by atoms with Crippen molar-refractivity contribution in [2.75, 3.05) is 49.1 Å². The largest absolute Gasteiger partial charge is 0.356 e. The molecule has 0 radical (unpaired) electrons. The smallest absolute Gasteiger partial charge is 0.285 e. The molecule has 0 atom stereocenters. The minimum atomic E-state index is -3.58. The van der Waals surface area contributed by atoms with Gasteiger partial charge in [0, 0.05) is 51.0 Å². The van der Waals surface area contributed by atoms with Gasteiger partial charge >= 0.3 is 0 Å². The highest BCUT2D eigenvalue weighted by molar-refractivity contribution is 7.90. The van der Waals surface area contributed by atoms with Crippen molar-refractivity contribution in [1.29, 1.82) is 0 Å². The Morgan fingerprint density at radius 1 is 0.821 bits per heavy atom. The first kappa shape index (κ1) is 17.4. The second kappa shape index (κ2) is 6.73. The van der Waals surface area contributed by atoms with Gasteiger partial charge in [-0.2, -0.15) is 13.4 Å². The van der Waals surface area contributed by atoms with Crippen LogP contribution in [0, 0.1) is 0 Å². The van der Waals surface area contributed by atoms with E-state index in [1.807, 2.05) is 29.3 Å². The Kier molecular flexibility index (Phi) is 4.19. The summed E-state index contributed by atoms with van der Waals surface area (Å²) >= 11 is 0. The number of aromatic nitrogens is 2. The van der Waals surface area contributed by atoms with Gasteiger partial charge in [0.1, 0.15) is 10.7 Å². The molecule has 0 N–H and O–H groups in total. The molecule has 1 aromatic heterocycles. The highest BCUT2D eigenvalue weighted by Gasteiger charge is 2.33. The van der Waals surface area contributed by atoms with Gasteiger partial charge in [0.2, 0.25) is 5.95 Å². The number of hydrogen-bond acceptors (Lipinski definition) is 7. The van der Waals surface area contributed by atoms with E-state index in [2.05, 4.69) is 19.2 Å². The van der Waals surface area contributed by atoms with Crippen LogP contribution < -0.4 is 9.80 Å². The molecule has 9 heteroatoms. The Morgan fingerprint density at radius 3 is 2.32 bits per heavy atom. The quantitative estimate of drug-likeness (QED) is 0.755. The molecule has 5 rings (SSSR count). The number of amidine groups is 1. The summed E-state index contributed by atoms with van der Waals surface area (Å²) in [5, 5.41) is 0. The van der Waals surface area contributed by atoms with Crippen LogP contribution in [0.4, 0.5) is 11.8 Å². The molecule has 2 fully saturated rings. The van der Waals surface area contributed by atoms with E-state index in [1.54, 1.807) is 12.1 Å². The minimum Gasteiger partial charge on any atom is -0.356 e. The average molecular weight is 398 g/mol. The monoisotopic (exact) mass is 398 g/mol. The number of fused-ring (bicyclic) bond motifs is 1. The van der Waals surface area contributed by atoms with Gasteiger partial charge in [0.25, 0.3) is 10.0 Å². The number of piperazine rings is 1. The molecule has 0 unspecified atom stereocenters. The van der Waals surface area contributed by atoms with Gasteiger partial charge in [-0.05, 0) is 31.0 Å². The first-order valence-electron chi connectivity index (χ1n) is 9.64. The van der Waals surface area contributed by atoms with E-state index >= 15 is 0 Å². The molecule has 0 aliphatic carbocycles. The first-order chi connectivity index (χ1) is 13.6. The molecule has 2 saturated heterocycles. The van der Waals surface area contributed by atoms with Crippen molar-refractivity contribution >= 4 is 27.6 Å². The zero-order valence-corrected chi connectivity index (χ0v) is 16.3. The number of hydrogen-bond donors (Lipinski definition) is 0. The summed E-state index contributed by atoms with van der Waals surface area (Å²) in [6.07, 6.45) is 4.25. The third kappa shape index (κ3) is 2.99. The third-order valence-electron chi connectivity index (χ3n) is 5.53. The van der Waals surface area contributed by atoms with Crippen LogP contribution in [0.15, 0.2) is 45.8 Å². The van der Waals surface area contributed by atoms with Gasteiger partial charge in [-0.3, -0.25) is 0 Å². The fourth-order valence-corrected chi connectivity index (χ4v) is 5.28. The number of benzene rings is 1. The van der Waals surface area contributed by atoms with Crippen LogP contribution in [-0.4, -0.2) is 68.4 Å². The summed E-state index contributed by atoms with van der Waals surface area (Å²) in [6, 6.07) is 9.00. The van der Waals surface area contributed by atoms with Crippen LogP contribution in [0.3, 0.4) is 0 Å². The summed E-state index contributed by atoms with van der Waals surface area (Å²) < 4.78 is 28.6. The lowest BCUT2D eigenvalue weighted by molar-refractivity contribution is 0.384. The molecular formula is C19H22N6O2S. The van der Waals surface area contributed by atoms with Crippen LogP contribution in [0.1, 0.15) is 18.4 Å². The van der Waals surface area contributed by atoms with Crippen molar-refractivity contribution in [2.24, 2.45) is 4.40 Å². The summed E-state index contributed by atoms with van der Waals surface area (Å²) in [4.78, 5) is 16.0. The topological polar surface area (TPSA) is 82.0 Å². The Hall–Kier alpha value is -2.68. The second-order valence-electron chi connectivity index (χ2n) is 7.27.